The maximum absolute atomic E-state index is 12.2. The molecule has 2 rings (SSSR count). The number of ketones is 4. The monoisotopic (exact) mass is 460 g/mol. The fraction of sp³-hybridized carbons (Fsp3) is 0.630. The number of nitrogens with zero attached hydrogens (tertiary/aromatic N) is 1. The van der Waals surface area contributed by atoms with Crippen molar-refractivity contribution in [2.45, 2.75) is 74.7 Å². The van der Waals surface area contributed by atoms with Gasteiger partial charge in [-0.3, -0.25) is 14.4 Å². The first-order valence-electron chi connectivity index (χ1n) is 12.1. The Morgan fingerprint density at radius 2 is 1.48 bits per heavy atom. The molecule has 1 aliphatic heterocycles. The largest absolute Gasteiger partial charge is 0.369 e. The van der Waals surface area contributed by atoms with Crippen LogP contribution in [0, 0.1) is 11.8 Å². The van der Waals surface area contributed by atoms with Gasteiger partial charge in [-0.15, -0.1) is 0 Å². The molecule has 186 valence electrons. The van der Waals surface area contributed by atoms with Crippen LogP contribution in [0.1, 0.15) is 95.4 Å². The van der Waals surface area contributed by atoms with Gasteiger partial charge in [-0.25, -0.2) is 0 Å². The lowest BCUT2D eigenvalue weighted by Gasteiger charge is -2.30. The van der Waals surface area contributed by atoms with Crippen LogP contribution in [0.3, 0.4) is 0 Å². The number of hydrogen-bond acceptors (Lipinski definition) is 6. The summed E-state index contributed by atoms with van der Waals surface area (Å²) in [6.45, 7) is 18.2. The zero-order valence-corrected chi connectivity index (χ0v) is 21.9. The normalized spacial score (nSPS) is 13.8. The van der Waals surface area contributed by atoms with E-state index in [2.05, 4.69) is 24.1 Å². The minimum absolute atomic E-state index is 0.0297. The van der Waals surface area contributed by atoms with E-state index in [1.165, 1.54) is 13.3 Å². The zero-order chi connectivity index (χ0) is 25.6. The van der Waals surface area contributed by atoms with E-state index in [0.29, 0.717) is 24.0 Å². The van der Waals surface area contributed by atoms with Crippen molar-refractivity contribution in [3.63, 3.8) is 0 Å². The summed E-state index contributed by atoms with van der Waals surface area (Å²) in [4.78, 5) is 47.4. The number of hydrogen-bond donors (Lipinski definition) is 1. The third kappa shape index (κ3) is 11.9. The summed E-state index contributed by atoms with van der Waals surface area (Å²) in [5.74, 6) is 0.254. The molecule has 6 heteroatoms. The molecule has 1 aliphatic rings. The fourth-order valence-corrected chi connectivity index (χ4v) is 3.09. The Balaban J connectivity index is 0.000000663. The highest BCUT2D eigenvalue weighted by atomic mass is 16.1. The van der Waals surface area contributed by atoms with Crippen molar-refractivity contribution in [3.05, 3.63) is 29.3 Å². The lowest BCUT2D eigenvalue weighted by Crippen LogP contribution is -2.43. The van der Waals surface area contributed by atoms with Crippen LogP contribution in [-0.2, 0) is 9.59 Å². The lowest BCUT2D eigenvalue weighted by atomic mass is 9.94. The Labute approximate surface area is 200 Å². The predicted octanol–water partition coefficient (Wildman–Crippen LogP) is 5.13. The van der Waals surface area contributed by atoms with Gasteiger partial charge >= 0.3 is 0 Å². The quantitative estimate of drug-likeness (QED) is 0.541. The predicted molar refractivity (Wildman–Crippen MR) is 136 cm³/mol. The molecule has 0 aliphatic carbocycles. The van der Waals surface area contributed by atoms with Crippen LogP contribution >= 0.6 is 0 Å². The van der Waals surface area contributed by atoms with Crippen molar-refractivity contribution in [2.24, 2.45) is 11.8 Å². The molecule has 0 amide bonds. The second kappa shape index (κ2) is 16.3. The molecular weight excluding hydrogens is 416 g/mol. The molecule has 1 unspecified atom stereocenters. The lowest BCUT2D eigenvalue weighted by molar-refractivity contribution is -0.121. The van der Waals surface area contributed by atoms with Gasteiger partial charge in [0.05, 0.1) is 0 Å². The van der Waals surface area contributed by atoms with Gasteiger partial charge < -0.3 is 15.0 Å². The molecule has 6 nitrogen and oxygen atoms in total. The third-order valence-corrected chi connectivity index (χ3v) is 5.28. The van der Waals surface area contributed by atoms with Gasteiger partial charge in [0.2, 0.25) is 0 Å². The standard InChI is InChI=1S/C16H22N2O2.C8H14O2.C3H8/c1-11(2)16(20)14-5-4-13(10-15(14)12(3)19)18-8-6-17-7-9-18;1-6(8(3)10)4-5-7(2)9;1-3-2/h4-5,10-11,17H,6-9H2,1-3H3;6H,4-5H2,1-3H3;3H2,1-2H3. The highest BCUT2D eigenvalue weighted by molar-refractivity contribution is 6.09. The molecule has 0 aromatic heterocycles. The van der Waals surface area contributed by atoms with E-state index in [-0.39, 0.29) is 35.0 Å². The number of rotatable bonds is 8. The first-order chi connectivity index (χ1) is 15.5. The van der Waals surface area contributed by atoms with E-state index in [1.54, 1.807) is 19.9 Å². The number of piperazine rings is 1. The summed E-state index contributed by atoms with van der Waals surface area (Å²) >= 11 is 0. The Morgan fingerprint density at radius 3 is 1.91 bits per heavy atom. The number of Topliss-reactive ketones (excluding diaryl/α,β-unsaturated/α-hetero) is 4. The summed E-state index contributed by atoms with van der Waals surface area (Å²) in [7, 11) is 0. The third-order valence-electron chi connectivity index (χ3n) is 5.28. The maximum Gasteiger partial charge on any atom is 0.166 e. The van der Waals surface area contributed by atoms with Gasteiger partial charge in [-0.05, 0) is 45.4 Å². The molecule has 1 heterocycles. The number of benzene rings is 1. The molecule has 0 radical (unpaired) electrons. The summed E-state index contributed by atoms with van der Waals surface area (Å²) in [5.41, 5.74) is 2.11. The molecule has 1 N–H and O–H groups in total. The van der Waals surface area contributed by atoms with Crippen molar-refractivity contribution >= 4 is 28.8 Å². The number of carbonyl (C=O) groups excluding carboxylic acids is 4. The van der Waals surface area contributed by atoms with E-state index >= 15 is 0 Å². The minimum Gasteiger partial charge on any atom is -0.369 e. The highest BCUT2D eigenvalue weighted by Crippen LogP contribution is 2.23. The van der Waals surface area contributed by atoms with E-state index in [1.807, 2.05) is 32.9 Å². The van der Waals surface area contributed by atoms with Crippen molar-refractivity contribution in [3.8, 4) is 0 Å². The van der Waals surface area contributed by atoms with Crippen LogP contribution in [0.5, 0.6) is 0 Å². The fourth-order valence-electron chi connectivity index (χ4n) is 3.09. The van der Waals surface area contributed by atoms with Crippen LogP contribution in [0.2, 0.25) is 0 Å². The average molecular weight is 461 g/mol. The summed E-state index contributed by atoms with van der Waals surface area (Å²) < 4.78 is 0. The summed E-state index contributed by atoms with van der Waals surface area (Å²) in [6.07, 6.45) is 2.48. The van der Waals surface area contributed by atoms with Crippen LogP contribution in [0.15, 0.2) is 18.2 Å². The molecule has 1 aromatic carbocycles. The molecule has 1 atom stereocenters. The van der Waals surface area contributed by atoms with Gasteiger partial charge in [0.1, 0.15) is 11.6 Å². The summed E-state index contributed by atoms with van der Waals surface area (Å²) in [5, 5.41) is 3.30. The van der Waals surface area contributed by atoms with Crippen LogP contribution < -0.4 is 10.2 Å². The molecule has 1 aromatic rings. The topological polar surface area (TPSA) is 83.6 Å². The summed E-state index contributed by atoms with van der Waals surface area (Å²) in [6, 6.07) is 5.62. The van der Waals surface area contributed by atoms with Crippen LogP contribution in [-0.4, -0.2) is 49.3 Å². The van der Waals surface area contributed by atoms with Crippen LogP contribution in [0.25, 0.3) is 0 Å². The molecular formula is C27H44N2O4. The van der Waals surface area contributed by atoms with Crippen molar-refractivity contribution in [2.75, 3.05) is 31.1 Å². The van der Waals surface area contributed by atoms with Gasteiger partial charge in [0.15, 0.2) is 11.6 Å². The first kappa shape index (κ1) is 30.7. The Hall–Kier alpha value is -2.34. The second-order valence-electron chi connectivity index (χ2n) is 9.00. The van der Waals surface area contributed by atoms with Crippen LogP contribution in [0.4, 0.5) is 5.69 Å². The number of carbonyl (C=O) groups is 4. The van der Waals surface area contributed by atoms with Crippen molar-refractivity contribution in [1.82, 2.24) is 5.32 Å². The van der Waals surface area contributed by atoms with E-state index in [4.69, 9.17) is 0 Å². The molecule has 0 bridgehead atoms. The van der Waals surface area contributed by atoms with E-state index < -0.39 is 0 Å². The highest BCUT2D eigenvalue weighted by Gasteiger charge is 2.19. The smallest absolute Gasteiger partial charge is 0.166 e. The van der Waals surface area contributed by atoms with Gasteiger partial charge in [0, 0.05) is 61.2 Å². The van der Waals surface area contributed by atoms with Gasteiger partial charge in [0.25, 0.3) is 0 Å². The van der Waals surface area contributed by atoms with E-state index in [9.17, 15) is 19.2 Å². The molecule has 1 saturated heterocycles. The minimum atomic E-state index is -0.0989. The van der Waals surface area contributed by atoms with Crippen molar-refractivity contribution in [1.29, 1.82) is 0 Å². The average Bonchev–Trinajstić information content (AvgIpc) is 2.77. The van der Waals surface area contributed by atoms with Gasteiger partial charge in [-0.2, -0.15) is 0 Å². The molecule has 33 heavy (non-hydrogen) atoms. The Bertz CT molecular complexity index is 780. The van der Waals surface area contributed by atoms with E-state index in [0.717, 1.165) is 31.9 Å². The zero-order valence-electron chi connectivity index (χ0n) is 21.9. The molecule has 0 saturated carbocycles. The first-order valence-corrected chi connectivity index (χ1v) is 12.1. The number of nitrogens with one attached hydrogen (secondary N) is 1. The SMILES string of the molecule is CC(=O)CCC(C)C(C)=O.CC(=O)c1cc(N2CCNCC2)ccc1C(=O)C(C)C.CCC. The van der Waals surface area contributed by atoms with Crippen molar-refractivity contribution < 1.29 is 19.2 Å². The Morgan fingerprint density at radius 1 is 0.939 bits per heavy atom. The number of anilines is 1. The Kier molecular flexibility index (Phi) is 15.1. The molecule has 1 fully saturated rings. The maximum atomic E-state index is 12.2. The second-order valence-corrected chi connectivity index (χ2v) is 9.00. The molecule has 0 spiro atoms. The van der Waals surface area contributed by atoms with Gasteiger partial charge in [-0.1, -0.05) is 41.0 Å².